The van der Waals surface area contributed by atoms with Crippen LogP contribution in [0.25, 0.3) is 0 Å². The summed E-state index contributed by atoms with van der Waals surface area (Å²) in [6, 6.07) is 0. The van der Waals surface area contributed by atoms with Crippen molar-refractivity contribution in [2.75, 3.05) is 0 Å². The van der Waals surface area contributed by atoms with Crippen LogP contribution in [0.5, 0.6) is 0 Å². The van der Waals surface area contributed by atoms with Crippen LogP contribution in [0, 0.1) is 10.8 Å². The average Bonchev–Trinajstić information content (AvgIpc) is 2.33. The van der Waals surface area contributed by atoms with Crippen LogP contribution in [0.2, 0.25) is 0 Å². The van der Waals surface area contributed by atoms with E-state index in [1.807, 2.05) is 19.9 Å². The van der Waals surface area contributed by atoms with E-state index in [0.717, 1.165) is 5.57 Å². The Morgan fingerprint density at radius 3 is 2.56 bits per heavy atom. The Kier molecular flexibility index (Phi) is 4.16. The van der Waals surface area contributed by atoms with Crippen molar-refractivity contribution in [1.29, 1.82) is 0 Å². The highest BCUT2D eigenvalue weighted by Gasteiger charge is 2.45. The minimum atomic E-state index is -0.215. The second kappa shape index (κ2) is 5.09. The molecule has 1 heteroatoms. The van der Waals surface area contributed by atoms with Gasteiger partial charge in [-0.2, -0.15) is 0 Å². The van der Waals surface area contributed by atoms with E-state index < -0.39 is 0 Å². The van der Waals surface area contributed by atoms with Crippen molar-refractivity contribution < 1.29 is 4.79 Å². The molecule has 98 valence electrons. The molecule has 0 aromatic rings. The fourth-order valence-corrected chi connectivity index (χ4v) is 2.44. The number of hydrogen-bond donors (Lipinski definition) is 0. The summed E-state index contributed by atoms with van der Waals surface area (Å²) >= 11 is 0. The van der Waals surface area contributed by atoms with E-state index in [0.29, 0.717) is 6.42 Å². The lowest BCUT2D eigenvalue weighted by Gasteiger charge is -2.46. The maximum Gasteiger partial charge on any atom is 0.156 e. The maximum absolute atomic E-state index is 11.8. The fourth-order valence-electron chi connectivity index (χ4n) is 2.44. The number of hydrogen-bond acceptors (Lipinski definition) is 1. The zero-order valence-electron chi connectivity index (χ0n) is 12.2. The number of carbonyl (C=O) groups is 1. The second-order valence-electron chi connectivity index (χ2n) is 5.66. The van der Waals surface area contributed by atoms with Crippen LogP contribution >= 0.6 is 0 Å². The normalized spacial score (nSPS) is 33.7. The first-order chi connectivity index (χ1) is 8.29. The molecule has 0 unspecified atom stereocenters. The van der Waals surface area contributed by atoms with Gasteiger partial charge in [0.1, 0.15) is 0 Å². The molecule has 0 heterocycles. The van der Waals surface area contributed by atoms with Crippen molar-refractivity contribution in [2.45, 2.75) is 41.0 Å². The highest BCUT2D eigenvalue weighted by Crippen LogP contribution is 2.52. The van der Waals surface area contributed by atoms with Crippen LogP contribution in [-0.2, 0) is 4.79 Å². The summed E-state index contributed by atoms with van der Waals surface area (Å²) in [4.78, 5) is 11.8. The van der Waals surface area contributed by atoms with E-state index in [2.05, 4.69) is 45.6 Å². The number of ketones is 1. The predicted octanol–water partition coefficient (Wildman–Crippen LogP) is 4.63. The highest BCUT2D eigenvalue weighted by atomic mass is 16.1. The molecular weight excluding hydrogens is 220 g/mol. The Hall–Kier alpha value is -1.37. The lowest BCUT2D eigenvalue weighted by Crippen LogP contribution is -2.40. The minimum Gasteiger partial charge on any atom is -0.295 e. The molecule has 2 atom stereocenters. The Labute approximate surface area is 111 Å². The number of rotatable bonds is 3. The zero-order valence-corrected chi connectivity index (χ0v) is 12.2. The van der Waals surface area contributed by atoms with Gasteiger partial charge in [0.2, 0.25) is 0 Å². The van der Waals surface area contributed by atoms with E-state index in [4.69, 9.17) is 0 Å². The van der Waals surface area contributed by atoms with Crippen molar-refractivity contribution in [3.63, 3.8) is 0 Å². The van der Waals surface area contributed by atoms with Gasteiger partial charge >= 0.3 is 0 Å². The summed E-state index contributed by atoms with van der Waals surface area (Å²) in [6.07, 6.45) is 10.7. The lowest BCUT2D eigenvalue weighted by molar-refractivity contribution is -0.117. The molecule has 0 aromatic heterocycles. The average molecular weight is 244 g/mol. The largest absolute Gasteiger partial charge is 0.295 e. The molecule has 0 saturated carbocycles. The molecule has 1 aliphatic carbocycles. The van der Waals surface area contributed by atoms with Gasteiger partial charge in [0, 0.05) is 17.3 Å². The first-order valence-electron chi connectivity index (χ1n) is 6.46. The molecular formula is C17H24O. The maximum atomic E-state index is 11.8. The summed E-state index contributed by atoms with van der Waals surface area (Å²) < 4.78 is 0. The highest BCUT2D eigenvalue weighted by molar-refractivity contribution is 5.92. The van der Waals surface area contributed by atoms with Gasteiger partial charge < -0.3 is 0 Å². The van der Waals surface area contributed by atoms with E-state index in [9.17, 15) is 4.79 Å². The Morgan fingerprint density at radius 2 is 2.06 bits per heavy atom. The van der Waals surface area contributed by atoms with Gasteiger partial charge in [-0.05, 0) is 26.8 Å². The van der Waals surface area contributed by atoms with Crippen LogP contribution in [0.15, 0.2) is 48.1 Å². The smallest absolute Gasteiger partial charge is 0.156 e. The Morgan fingerprint density at radius 1 is 1.44 bits per heavy atom. The molecule has 0 amide bonds. The summed E-state index contributed by atoms with van der Waals surface area (Å²) in [7, 11) is 0. The molecule has 0 saturated heterocycles. The van der Waals surface area contributed by atoms with E-state index >= 15 is 0 Å². The third-order valence-electron chi connectivity index (χ3n) is 4.51. The van der Waals surface area contributed by atoms with Gasteiger partial charge in [0.25, 0.3) is 0 Å². The third kappa shape index (κ3) is 2.40. The SMILES string of the molecule is C=C[C@@]1(C)CC(=O)C=C(C)[C@]1(C)/C=C/C(C)=C\C. The standard InChI is InChI=1S/C17H24O/c1-7-13(3)9-10-17(6)14(4)11-15(18)12-16(17,5)8-2/h7-11H,2,12H2,1,3-6H3/b10-9+,13-7-/t16-,17-/m0/s1. The fraction of sp³-hybridized carbons (Fsp3) is 0.471. The van der Waals surface area contributed by atoms with Crippen LogP contribution in [0.1, 0.15) is 41.0 Å². The molecule has 0 aromatic carbocycles. The van der Waals surface area contributed by atoms with E-state index in [1.165, 1.54) is 5.57 Å². The summed E-state index contributed by atoms with van der Waals surface area (Å²) in [5.74, 6) is 0.198. The number of allylic oxidation sites excluding steroid dienone is 7. The first-order valence-corrected chi connectivity index (χ1v) is 6.46. The first kappa shape index (κ1) is 14.7. The van der Waals surface area contributed by atoms with E-state index in [1.54, 1.807) is 6.08 Å². The van der Waals surface area contributed by atoms with Gasteiger partial charge in [-0.3, -0.25) is 4.79 Å². The van der Waals surface area contributed by atoms with Gasteiger partial charge in [-0.25, -0.2) is 0 Å². The molecule has 0 bridgehead atoms. The van der Waals surface area contributed by atoms with Crippen molar-refractivity contribution in [3.8, 4) is 0 Å². The quantitative estimate of drug-likeness (QED) is 0.522. The predicted molar refractivity (Wildman–Crippen MR) is 78.4 cm³/mol. The van der Waals surface area contributed by atoms with Crippen molar-refractivity contribution in [3.05, 3.63) is 48.1 Å². The van der Waals surface area contributed by atoms with Crippen molar-refractivity contribution in [1.82, 2.24) is 0 Å². The van der Waals surface area contributed by atoms with E-state index in [-0.39, 0.29) is 16.6 Å². The lowest BCUT2D eigenvalue weighted by atomic mass is 9.57. The van der Waals surface area contributed by atoms with Crippen LogP contribution in [0.4, 0.5) is 0 Å². The third-order valence-corrected chi connectivity index (χ3v) is 4.51. The molecule has 18 heavy (non-hydrogen) atoms. The molecule has 1 aliphatic rings. The molecule has 0 fully saturated rings. The molecule has 0 aliphatic heterocycles. The molecule has 1 rings (SSSR count). The molecule has 1 nitrogen and oxygen atoms in total. The van der Waals surface area contributed by atoms with Crippen molar-refractivity contribution in [2.24, 2.45) is 10.8 Å². The summed E-state index contributed by atoms with van der Waals surface area (Å²) in [6.45, 7) is 14.4. The molecule has 0 spiro atoms. The summed E-state index contributed by atoms with van der Waals surface area (Å²) in [5, 5.41) is 0. The second-order valence-corrected chi connectivity index (χ2v) is 5.66. The minimum absolute atomic E-state index is 0.146. The van der Waals surface area contributed by atoms with Crippen LogP contribution in [0.3, 0.4) is 0 Å². The van der Waals surface area contributed by atoms with Gasteiger partial charge in [-0.15, -0.1) is 6.58 Å². The van der Waals surface area contributed by atoms with Crippen molar-refractivity contribution >= 4 is 5.78 Å². The van der Waals surface area contributed by atoms with Gasteiger partial charge in [-0.1, -0.05) is 49.3 Å². The topological polar surface area (TPSA) is 17.1 Å². The van der Waals surface area contributed by atoms with Crippen LogP contribution < -0.4 is 0 Å². The van der Waals surface area contributed by atoms with Crippen LogP contribution in [-0.4, -0.2) is 5.78 Å². The monoisotopic (exact) mass is 244 g/mol. The summed E-state index contributed by atoms with van der Waals surface area (Å²) in [5.41, 5.74) is 1.98. The van der Waals surface area contributed by atoms with Gasteiger partial charge in [0.05, 0.1) is 0 Å². The Balaban J connectivity index is 3.30. The molecule has 0 radical (unpaired) electrons. The number of carbonyl (C=O) groups excluding carboxylic acids is 1. The zero-order chi connectivity index (χ0) is 14.0. The molecule has 0 N–H and O–H groups in total. The van der Waals surface area contributed by atoms with Gasteiger partial charge in [0.15, 0.2) is 5.78 Å². The Bertz CT molecular complexity index is 450.